The number of hydrogen-bond donors (Lipinski definition) is 2. The molecule has 0 spiro atoms. The van der Waals surface area contributed by atoms with Gasteiger partial charge in [-0.2, -0.15) is 0 Å². The second-order valence-electron chi connectivity index (χ2n) is 6.94. The van der Waals surface area contributed by atoms with Crippen molar-refractivity contribution in [2.75, 3.05) is 26.9 Å². The summed E-state index contributed by atoms with van der Waals surface area (Å²) in [5.41, 5.74) is 6.13. The number of methoxy groups -OCH3 is 1. The Morgan fingerprint density at radius 3 is 2.53 bits per heavy atom. The van der Waals surface area contributed by atoms with Gasteiger partial charge in [0, 0.05) is 26.6 Å². The van der Waals surface area contributed by atoms with E-state index in [-0.39, 0.29) is 12.3 Å². The highest BCUT2D eigenvalue weighted by Crippen LogP contribution is 2.21. The number of rotatable bonds is 8. The second kappa shape index (κ2) is 10.4. The van der Waals surface area contributed by atoms with Gasteiger partial charge >= 0.3 is 0 Å². The third-order valence-corrected chi connectivity index (χ3v) is 4.78. The molecule has 1 aliphatic heterocycles. The Hall–Kier alpha value is -3.39. The maximum atomic E-state index is 12.5. The van der Waals surface area contributed by atoms with E-state index in [1.165, 1.54) is 0 Å². The van der Waals surface area contributed by atoms with Crippen molar-refractivity contribution in [1.29, 1.82) is 0 Å². The first-order valence-corrected chi connectivity index (χ1v) is 9.71. The molecule has 3 amide bonds. The van der Waals surface area contributed by atoms with Crippen LogP contribution in [0.3, 0.4) is 0 Å². The third kappa shape index (κ3) is 5.57. The number of para-hydroxylation sites is 1. The lowest BCUT2D eigenvalue weighted by Gasteiger charge is -2.17. The van der Waals surface area contributed by atoms with E-state index in [2.05, 4.69) is 10.9 Å². The minimum absolute atomic E-state index is 0.0813. The molecular formula is C22H25N3O5. The summed E-state index contributed by atoms with van der Waals surface area (Å²) in [6.45, 7) is 1.46. The number of carbonyl (C=O) groups is 3. The number of amides is 3. The number of hydrogen-bond acceptors (Lipinski definition) is 5. The van der Waals surface area contributed by atoms with E-state index in [1.807, 2.05) is 30.3 Å². The molecule has 0 bridgehead atoms. The first-order valence-electron chi connectivity index (χ1n) is 9.71. The zero-order chi connectivity index (χ0) is 21.3. The fraction of sp³-hybridized carbons (Fsp3) is 0.318. The van der Waals surface area contributed by atoms with Crippen LogP contribution in [0.25, 0.3) is 0 Å². The van der Waals surface area contributed by atoms with Crippen molar-refractivity contribution in [2.45, 2.75) is 13.0 Å². The van der Waals surface area contributed by atoms with Crippen molar-refractivity contribution in [1.82, 2.24) is 15.8 Å². The van der Waals surface area contributed by atoms with Gasteiger partial charge in [0.25, 0.3) is 5.91 Å². The predicted octanol–water partition coefficient (Wildman–Crippen LogP) is 1.52. The standard InChI is InChI=1S/C22H25N3O5/c1-29-11-12-30-19-10-6-5-9-18(19)22(28)24-23-21(27)17-13-20(26)25(15-17)14-16-7-3-2-4-8-16/h2-10,17H,11-15H2,1H3,(H,23,27)(H,24,28). The van der Waals surface area contributed by atoms with Crippen molar-refractivity contribution >= 4 is 17.7 Å². The molecule has 2 N–H and O–H groups in total. The van der Waals surface area contributed by atoms with Gasteiger partial charge in [0.1, 0.15) is 12.4 Å². The second-order valence-corrected chi connectivity index (χ2v) is 6.94. The fourth-order valence-corrected chi connectivity index (χ4v) is 3.21. The zero-order valence-electron chi connectivity index (χ0n) is 16.8. The van der Waals surface area contributed by atoms with E-state index in [4.69, 9.17) is 9.47 Å². The lowest BCUT2D eigenvalue weighted by atomic mass is 10.1. The van der Waals surface area contributed by atoms with E-state index in [1.54, 1.807) is 36.3 Å². The monoisotopic (exact) mass is 411 g/mol. The van der Waals surface area contributed by atoms with Crippen molar-refractivity contribution in [3.05, 3.63) is 65.7 Å². The van der Waals surface area contributed by atoms with Gasteiger partial charge in [0.15, 0.2) is 0 Å². The number of hydrazine groups is 1. The van der Waals surface area contributed by atoms with Crippen LogP contribution in [0.2, 0.25) is 0 Å². The molecule has 0 radical (unpaired) electrons. The minimum atomic E-state index is -0.519. The smallest absolute Gasteiger partial charge is 0.273 e. The minimum Gasteiger partial charge on any atom is -0.490 e. The molecule has 30 heavy (non-hydrogen) atoms. The Morgan fingerprint density at radius 2 is 1.77 bits per heavy atom. The number of likely N-dealkylation sites (tertiary alicyclic amines) is 1. The summed E-state index contributed by atoms with van der Waals surface area (Å²) in [6, 6.07) is 16.3. The Balaban J connectivity index is 1.52. The molecule has 1 heterocycles. The van der Waals surface area contributed by atoms with E-state index in [0.29, 0.717) is 37.6 Å². The number of benzene rings is 2. The maximum absolute atomic E-state index is 12.5. The summed E-state index contributed by atoms with van der Waals surface area (Å²) in [6.07, 6.45) is 0.116. The molecule has 1 aliphatic rings. The van der Waals surface area contributed by atoms with Crippen LogP contribution in [0.1, 0.15) is 22.3 Å². The van der Waals surface area contributed by atoms with E-state index in [0.717, 1.165) is 5.56 Å². The van der Waals surface area contributed by atoms with Crippen molar-refractivity contribution in [3.63, 3.8) is 0 Å². The highest BCUT2D eigenvalue weighted by atomic mass is 16.5. The van der Waals surface area contributed by atoms with Crippen LogP contribution in [0, 0.1) is 5.92 Å². The summed E-state index contributed by atoms with van der Waals surface area (Å²) < 4.78 is 10.5. The normalized spacial score (nSPS) is 15.7. The van der Waals surface area contributed by atoms with Crippen LogP contribution >= 0.6 is 0 Å². The molecule has 0 aliphatic carbocycles. The van der Waals surface area contributed by atoms with Crippen LogP contribution in [-0.2, 0) is 20.9 Å². The molecule has 1 saturated heterocycles. The molecule has 0 saturated carbocycles. The molecule has 1 fully saturated rings. The molecule has 3 rings (SSSR count). The summed E-state index contributed by atoms with van der Waals surface area (Å²) >= 11 is 0. The Kier molecular flexibility index (Phi) is 7.40. The molecule has 8 nitrogen and oxygen atoms in total. The van der Waals surface area contributed by atoms with Gasteiger partial charge < -0.3 is 14.4 Å². The van der Waals surface area contributed by atoms with Gasteiger partial charge in [-0.3, -0.25) is 25.2 Å². The van der Waals surface area contributed by atoms with Gasteiger partial charge in [0.05, 0.1) is 18.1 Å². The largest absolute Gasteiger partial charge is 0.490 e. The van der Waals surface area contributed by atoms with Gasteiger partial charge in [-0.25, -0.2) is 0 Å². The van der Waals surface area contributed by atoms with Crippen LogP contribution < -0.4 is 15.6 Å². The third-order valence-electron chi connectivity index (χ3n) is 4.78. The lowest BCUT2D eigenvalue weighted by molar-refractivity contribution is -0.129. The molecule has 158 valence electrons. The molecule has 0 aromatic heterocycles. The van der Waals surface area contributed by atoms with Crippen molar-refractivity contribution in [3.8, 4) is 5.75 Å². The summed E-state index contributed by atoms with van der Waals surface area (Å²) in [4.78, 5) is 38.8. The quantitative estimate of drug-likeness (QED) is 0.507. The first-order chi connectivity index (χ1) is 14.6. The van der Waals surface area contributed by atoms with Crippen LogP contribution in [0.15, 0.2) is 54.6 Å². The molecular weight excluding hydrogens is 386 g/mol. The molecule has 1 atom stereocenters. The van der Waals surface area contributed by atoms with Crippen LogP contribution in [0.5, 0.6) is 5.75 Å². The molecule has 2 aromatic rings. The number of ether oxygens (including phenoxy) is 2. The number of nitrogens with one attached hydrogen (secondary N) is 2. The van der Waals surface area contributed by atoms with Gasteiger partial charge in [-0.15, -0.1) is 0 Å². The van der Waals surface area contributed by atoms with Gasteiger partial charge in [-0.1, -0.05) is 42.5 Å². The van der Waals surface area contributed by atoms with Crippen molar-refractivity contribution in [2.24, 2.45) is 5.92 Å². The highest BCUT2D eigenvalue weighted by molar-refractivity contribution is 5.98. The highest BCUT2D eigenvalue weighted by Gasteiger charge is 2.34. The molecule has 8 heteroatoms. The SMILES string of the molecule is COCCOc1ccccc1C(=O)NNC(=O)C1CC(=O)N(Cc2ccccc2)C1. The van der Waals surface area contributed by atoms with Gasteiger partial charge in [0.2, 0.25) is 11.8 Å². The maximum Gasteiger partial charge on any atom is 0.273 e. The molecule has 2 aromatic carbocycles. The Bertz CT molecular complexity index is 887. The van der Waals surface area contributed by atoms with Crippen LogP contribution in [-0.4, -0.2) is 49.5 Å². The summed E-state index contributed by atoms with van der Waals surface area (Å²) in [5.74, 6) is -1.10. The van der Waals surface area contributed by atoms with E-state index < -0.39 is 17.7 Å². The average Bonchev–Trinajstić information content (AvgIpc) is 3.13. The lowest BCUT2D eigenvalue weighted by Crippen LogP contribution is -2.45. The number of nitrogens with zero attached hydrogens (tertiary/aromatic N) is 1. The summed E-state index contributed by atoms with van der Waals surface area (Å²) in [5, 5.41) is 0. The average molecular weight is 411 g/mol. The predicted molar refractivity (Wildman–Crippen MR) is 109 cm³/mol. The van der Waals surface area contributed by atoms with E-state index >= 15 is 0 Å². The van der Waals surface area contributed by atoms with E-state index in [9.17, 15) is 14.4 Å². The zero-order valence-corrected chi connectivity index (χ0v) is 16.8. The first kappa shape index (κ1) is 21.3. The van der Waals surface area contributed by atoms with Crippen LogP contribution in [0.4, 0.5) is 0 Å². The summed E-state index contributed by atoms with van der Waals surface area (Å²) in [7, 11) is 1.56. The Morgan fingerprint density at radius 1 is 1.03 bits per heavy atom. The fourth-order valence-electron chi connectivity index (χ4n) is 3.21. The van der Waals surface area contributed by atoms with Crippen molar-refractivity contribution < 1.29 is 23.9 Å². The Labute approximate surface area is 175 Å². The number of carbonyl (C=O) groups excluding carboxylic acids is 3. The van der Waals surface area contributed by atoms with Gasteiger partial charge in [-0.05, 0) is 17.7 Å². The molecule has 1 unspecified atom stereocenters. The topological polar surface area (TPSA) is 97.0 Å².